The fraction of sp³-hybridized carbons (Fsp3) is 0.250. The molecule has 0 amide bonds. The first-order valence-electron chi connectivity index (χ1n) is 6.58. The van der Waals surface area contributed by atoms with Crippen LogP contribution in [0.2, 0.25) is 5.02 Å². The van der Waals surface area contributed by atoms with Crippen molar-refractivity contribution in [3.63, 3.8) is 0 Å². The Labute approximate surface area is 137 Å². The maximum atomic E-state index is 14.3. The van der Waals surface area contributed by atoms with Gasteiger partial charge in [-0.05, 0) is 42.4 Å². The molecular formula is C16H16BrClFNO. The van der Waals surface area contributed by atoms with E-state index in [9.17, 15) is 4.39 Å². The molecule has 21 heavy (non-hydrogen) atoms. The van der Waals surface area contributed by atoms with Crippen molar-refractivity contribution in [2.75, 3.05) is 13.7 Å². The van der Waals surface area contributed by atoms with E-state index in [0.29, 0.717) is 17.1 Å². The molecule has 0 aliphatic heterocycles. The highest BCUT2D eigenvalue weighted by Crippen LogP contribution is 2.33. The van der Waals surface area contributed by atoms with E-state index in [2.05, 4.69) is 21.2 Å². The van der Waals surface area contributed by atoms with Gasteiger partial charge in [0.15, 0.2) is 0 Å². The zero-order valence-corrected chi connectivity index (χ0v) is 14.1. The average Bonchev–Trinajstić information content (AvgIpc) is 2.46. The van der Waals surface area contributed by atoms with Gasteiger partial charge < -0.3 is 10.1 Å². The van der Waals surface area contributed by atoms with Gasteiger partial charge in [0.05, 0.1) is 13.2 Å². The minimum Gasteiger partial charge on any atom is -0.497 e. The molecule has 0 radical (unpaired) electrons. The second-order valence-electron chi connectivity index (χ2n) is 4.54. The predicted octanol–water partition coefficient (Wildman–Crippen LogP) is 4.95. The summed E-state index contributed by atoms with van der Waals surface area (Å²) in [6.07, 6.45) is 0. The minimum absolute atomic E-state index is 0.281. The van der Waals surface area contributed by atoms with Crippen molar-refractivity contribution in [3.05, 3.63) is 62.8 Å². The zero-order valence-electron chi connectivity index (χ0n) is 11.8. The Morgan fingerprint density at radius 3 is 2.62 bits per heavy atom. The van der Waals surface area contributed by atoms with Crippen molar-refractivity contribution in [1.82, 2.24) is 5.32 Å². The Balaban J connectivity index is 2.52. The highest BCUT2D eigenvalue weighted by atomic mass is 79.9. The van der Waals surface area contributed by atoms with Gasteiger partial charge >= 0.3 is 0 Å². The van der Waals surface area contributed by atoms with Gasteiger partial charge in [0.25, 0.3) is 0 Å². The van der Waals surface area contributed by atoms with Crippen LogP contribution in [0.3, 0.4) is 0 Å². The van der Waals surface area contributed by atoms with Crippen molar-refractivity contribution in [3.8, 4) is 5.75 Å². The number of rotatable bonds is 5. The van der Waals surface area contributed by atoms with Gasteiger partial charge in [-0.25, -0.2) is 4.39 Å². The summed E-state index contributed by atoms with van der Waals surface area (Å²) in [6.45, 7) is 2.69. The number of nitrogens with one attached hydrogen (secondary N) is 1. The zero-order chi connectivity index (χ0) is 15.4. The number of hydrogen-bond donors (Lipinski definition) is 1. The average molecular weight is 373 g/mol. The third-order valence-corrected chi connectivity index (χ3v) is 4.15. The second-order valence-corrected chi connectivity index (χ2v) is 5.83. The largest absolute Gasteiger partial charge is 0.497 e. The molecule has 0 aromatic heterocycles. The third kappa shape index (κ3) is 3.76. The number of methoxy groups -OCH3 is 1. The van der Waals surface area contributed by atoms with Crippen LogP contribution in [0.5, 0.6) is 5.75 Å². The van der Waals surface area contributed by atoms with Crippen LogP contribution in [-0.2, 0) is 0 Å². The van der Waals surface area contributed by atoms with E-state index in [4.69, 9.17) is 16.3 Å². The molecule has 2 aromatic rings. The lowest BCUT2D eigenvalue weighted by molar-refractivity contribution is 0.413. The molecule has 2 rings (SSSR count). The van der Waals surface area contributed by atoms with Crippen LogP contribution in [0.15, 0.2) is 40.9 Å². The lowest BCUT2D eigenvalue weighted by Gasteiger charge is -2.21. The molecule has 0 spiro atoms. The predicted molar refractivity (Wildman–Crippen MR) is 87.6 cm³/mol. The quantitative estimate of drug-likeness (QED) is 0.802. The summed E-state index contributed by atoms with van der Waals surface area (Å²) in [7, 11) is 1.61. The van der Waals surface area contributed by atoms with E-state index >= 15 is 0 Å². The summed E-state index contributed by atoms with van der Waals surface area (Å²) in [4.78, 5) is 0. The summed E-state index contributed by atoms with van der Waals surface area (Å²) in [5, 5.41) is 3.68. The van der Waals surface area contributed by atoms with E-state index in [1.54, 1.807) is 19.2 Å². The SMILES string of the molecule is CCNC(c1ccc(Cl)cc1F)c1cc(OC)ccc1Br. The van der Waals surface area contributed by atoms with E-state index in [-0.39, 0.29) is 11.9 Å². The third-order valence-electron chi connectivity index (χ3n) is 3.20. The highest BCUT2D eigenvalue weighted by Gasteiger charge is 2.20. The van der Waals surface area contributed by atoms with Gasteiger partial charge in [-0.2, -0.15) is 0 Å². The van der Waals surface area contributed by atoms with Crippen LogP contribution < -0.4 is 10.1 Å². The van der Waals surface area contributed by atoms with E-state index < -0.39 is 0 Å². The van der Waals surface area contributed by atoms with Crippen LogP contribution in [0.4, 0.5) is 4.39 Å². The monoisotopic (exact) mass is 371 g/mol. The topological polar surface area (TPSA) is 21.3 Å². The van der Waals surface area contributed by atoms with Crippen molar-refractivity contribution in [1.29, 1.82) is 0 Å². The minimum atomic E-state index is -0.330. The van der Waals surface area contributed by atoms with Gasteiger partial charge in [-0.3, -0.25) is 0 Å². The lowest BCUT2D eigenvalue weighted by Crippen LogP contribution is -2.23. The van der Waals surface area contributed by atoms with Crippen LogP contribution in [0.1, 0.15) is 24.1 Å². The molecule has 1 unspecified atom stereocenters. The van der Waals surface area contributed by atoms with E-state index in [1.165, 1.54) is 6.07 Å². The van der Waals surface area contributed by atoms with E-state index in [1.807, 2.05) is 25.1 Å². The summed E-state index contributed by atoms with van der Waals surface area (Å²) >= 11 is 9.36. The molecule has 0 heterocycles. The molecule has 1 atom stereocenters. The van der Waals surface area contributed by atoms with Crippen LogP contribution in [0.25, 0.3) is 0 Å². The number of benzene rings is 2. The number of ether oxygens (including phenoxy) is 1. The standard InChI is InChI=1S/C16H16BrClFNO/c1-3-20-16(12-6-4-10(18)8-15(12)19)13-9-11(21-2)5-7-14(13)17/h4-9,16,20H,3H2,1-2H3. The maximum absolute atomic E-state index is 14.3. The van der Waals surface area contributed by atoms with Crippen molar-refractivity contribution < 1.29 is 9.13 Å². The molecule has 0 saturated carbocycles. The molecule has 0 saturated heterocycles. The Morgan fingerprint density at radius 2 is 2.00 bits per heavy atom. The van der Waals surface area contributed by atoms with Crippen molar-refractivity contribution >= 4 is 27.5 Å². The molecule has 0 fully saturated rings. The molecular weight excluding hydrogens is 357 g/mol. The molecule has 0 aliphatic rings. The van der Waals surface area contributed by atoms with Gasteiger partial charge in [-0.1, -0.05) is 40.5 Å². The second kappa shape index (κ2) is 7.25. The fourth-order valence-electron chi connectivity index (χ4n) is 2.20. The lowest BCUT2D eigenvalue weighted by atomic mass is 9.98. The molecule has 1 N–H and O–H groups in total. The number of hydrogen-bond acceptors (Lipinski definition) is 2. The van der Waals surface area contributed by atoms with Crippen LogP contribution in [0, 0.1) is 5.82 Å². The Morgan fingerprint density at radius 1 is 1.24 bits per heavy atom. The Kier molecular flexibility index (Phi) is 5.62. The smallest absolute Gasteiger partial charge is 0.129 e. The first-order chi connectivity index (χ1) is 10.1. The van der Waals surface area contributed by atoms with Gasteiger partial charge in [0.1, 0.15) is 11.6 Å². The summed E-state index contributed by atoms with van der Waals surface area (Å²) in [5.74, 6) is 0.397. The van der Waals surface area contributed by atoms with Gasteiger partial charge in [-0.15, -0.1) is 0 Å². The highest BCUT2D eigenvalue weighted by molar-refractivity contribution is 9.10. The Hall–Kier alpha value is -1.10. The first kappa shape index (κ1) is 16.3. The maximum Gasteiger partial charge on any atom is 0.129 e. The van der Waals surface area contributed by atoms with Crippen LogP contribution in [-0.4, -0.2) is 13.7 Å². The van der Waals surface area contributed by atoms with Crippen molar-refractivity contribution in [2.45, 2.75) is 13.0 Å². The van der Waals surface area contributed by atoms with Gasteiger partial charge in [0.2, 0.25) is 0 Å². The summed E-state index contributed by atoms with van der Waals surface area (Å²) in [6, 6.07) is 10.1. The molecule has 112 valence electrons. The fourth-order valence-corrected chi connectivity index (χ4v) is 2.83. The molecule has 0 aliphatic carbocycles. The molecule has 2 nitrogen and oxygen atoms in total. The van der Waals surface area contributed by atoms with Crippen molar-refractivity contribution in [2.24, 2.45) is 0 Å². The molecule has 0 bridgehead atoms. The molecule has 5 heteroatoms. The van der Waals surface area contributed by atoms with Gasteiger partial charge in [0, 0.05) is 15.1 Å². The van der Waals surface area contributed by atoms with E-state index in [0.717, 1.165) is 15.8 Å². The van der Waals surface area contributed by atoms with Crippen LogP contribution >= 0.6 is 27.5 Å². The summed E-state index contributed by atoms with van der Waals surface area (Å²) in [5.41, 5.74) is 1.47. The normalized spacial score (nSPS) is 12.2. The summed E-state index contributed by atoms with van der Waals surface area (Å²) < 4.78 is 20.4. The first-order valence-corrected chi connectivity index (χ1v) is 7.75. The Bertz CT molecular complexity index is 636. The molecule has 2 aromatic carbocycles. The number of halogens is 3.